The van der Waals surface area contributed by atoms with Gasteiger partial charge >= 0.3 is 6.03 Å². The minimum absolute atomic E-state index is 0.0249. The van der Waals surface area contributed by atoms with Crippen LogP contribution in [0, 0.1) is 0 Å². The van der Waals surface area contributed by atoms with Crippen LogP contribution in [0.25, 0.3) is 0 Å². The number of hydrogen-bond acceptors (Lipinski definition) is 3. The minimum Gasteiger partial charge on any atom is -0.376 e. The van der Waals surface area contributed by atoms with Crippen LogP contribution in [-0.2, 0) is 4.74 Å². The van der Waals surface area contributed by atoms with Gasteiger partial charge in [-0.25, -0.2) is 4.79 Å². The first-order valence-corrected chi connectivity index (χ1v) is 6.20. The largest absolute Gasteiger partial charge is 0.376 e. The fraction of sp³-hybridized carbons (Fsp3) is 0.462. The summed E-state index contributed by atoms with van der Waals surface area (Å²) in [5.74, 6) is 0. The standard InChI is InChI=1S/C13H19N3O2/c1-2-18-11-8-10(14)12(11)16-13(17)15-9-6-4-3-5-7-9/h3-7,10-12H,2,8,14H2,1H3,(H2,15,16,17). The SMILES string of the molecule is CCOC1CC(N)C1NC(=O)Nc1ccccc1. The molecule has 98 valence electrons. The van der Waals surface area contributed by atoms with Gasteiger partial charge in [0.15, 0.2) is 0 Å². The van der Waals surface area contributed by atoms with Crippen molar-refractivity contribution in [2.24, 2.45) is 5.73 Å². The van der Waals surface area contributed by atoms with Gasteiger partial charge in [0.25, 0.3) is 0 Å². The molecule has 1 aliphatic rings. The summed E-state index contributed by atoms with van der Waals surface area (Å²) in [6.07, 6.45) is 0.830. The number of amides is 2. The molecule has 3 atom stereocenters. The number of carbonyl (C=O) groups excluding carboxylic acids is 1. The average Bonchev–Trinajstić information content (AvgIpc) is 2.37. The molecule has 5 heteroatoms. The molecule has 1 fully saturated rings. The summed E-state index contributed by atoms with van der Waals surface area (Å²) in [7, 11) is 0. The van der Waals surface area contributed by atoms with E-state index in [1.165, 1.54) is 0 Å². The molecule has 0 aromatic heterocycles. The molecule has 0 spiro atoms. The maximum atomic E-state index is 11.8. The molecule has 0 heterocycles. The molecule has 1 aromatic carbocycles. The fourth-order valence-electron chi connectivity index (χ4n) is 2.07. The monoisotopic (exact) mass is 249 g/mol. The van der Waals surface area contributed by atoms with Crippen LogP contribution in [0.4, 0.5) is 10.5 Å². The summed E-state index contributed by atoms with van der Waals surface area (Å²) < 4.78 is 5.49. The molecule has 5 nitrogen and oxygen atoms in total. The topological polar surface area (TPSA) is 76.4 Å². The van der Waals surface area contributed by atoms with Gasteiger partial charge in [-0.2, -0.15) is 0 Å². The van der Waals surface area contributed by atoms with Crippen LogP contribution in [0.1, 0.15) is 13.3 Å². The quantitative estimate of drug-likeness (QED) is 0.753. The van der Waals surface area contributed by atoms with Crippen LogP contribution in [-0.4, -0.2) is 30.8 Å². The highest BCUT2D eigenvalue weighted by Gasteiger charge is 2.40. The number of ether oxygens (including phenoxy) is 1. The number of nitrogens with two attached hydrogens (primary N) is 1. The van der Waals surface area contributed by atoms with E-state index in [4.69, 9.17) is 10.5 Å². The maximum absolute atomic E-state index is 11.8. The van der Waals surface area contributed by atoms with Crippen LogP contribution in [0.3, 0.4) is 0 Å². The molecular weight excluding hydrogens is 230 g/mol. The van der Waals surface area contributed by atoms with Crippen molar-refractivity contribution in [2.75, 3.05) is 11.9 Å². The van der Waals surface area contributed by atoms with Gasteiger partial charge in [0, 0.05) is 18.3 Å². The second-order valence-corrected chi connectivity index (χ2v) is 4.38. The van der Waals surface area contributed by atoms with Crippen molar-refractivity contribution in [1.82, 2.24) is 5.32 Å². The number of para-hydroxylation sites is 1. The van der Waals surface area contributed by atoms with E-state index in [2.05, 4.69) is 10.6 Å². The second-order valence-electron chi connectivity index (χ2n) is 4.38. The fourth-order valence-corrected chi connectivity index (χ4v) is 2.07. The lowest BCUT2D eigenvalue weighted by Crippen LogP contribution is -2.65. The minimum atomic E-state index is -0.244. The zero-order valence-corrected chi connectivity index (χ0v) is 10.4. The molecule has 18 heavy (non-hydrogen) atoms. The van der Waals surface area contributed by atoms with Crippen LogP contribution in [0.15, 0.2) is 30.3 Å². The number of benzene rings is 1. The van der Waals surface area contributed by atoms with E-state index in [1.54, 1.807) is 0 Å². The Morgan fingerprint density at radius 2 is 2.17 bits per heavy atom. The van der Waals surface area contributed by atoms with Gasteiger partial charge in [-0.05, 0) is 25.5 Å². The number of rotatable bonds is 4. The van der Waals surface area contributed by atoms with Gasteiger partial charge < -0.3 is 21.1 Å². The van der Waals surface area contributed by atoms with Gasteiger partial charge in [-0.3, -0.25) is 0 Å². The molecule has 1 aromatic rings. The van der Waals surface area contributed by atoms with Crippen molar-refractivity contribution in [3.63, 3.8) is 0 Å². The third-order valence-corrected chi connectivity index (χ3v) is 3.08. The lowest BCUT2D eigenvalue weighted by Gasteiger charge is -2.42. The van der Waals surface area contributed by atoms with Gasteiger partial charge in [0.1, 0.15) is 0 Å². The molecule has 2 rings (SSSR count). The number of carbonyl (C=O) groups is 1. The number of hydrogen-bond donors (Lipinski definition) is 3. The molecule has 0 saturated heterocycles. The highest BCUT2D eigenvalue weighted by molar-refractivity contribution is 5.89. The molecule has 2 amide bonds. The summed E-state index contributed by atoms with van der Waals surface area (Å²) in [6, 6.07) is 8.93. The third kappa shape index (κ3) is 3.00. The number of anilines is 1. The Morgan fingerprint density at radius 1 is 1.44 bits per heavy atom. The average molecular weight is 249 g/mol. The Labute approximate surface area is 107 Å². The lowest BCUT2D eigenvalue weighted by molar-refractivity contribution is -0.0277. The van der Waals surface area contributed by atoms with Crippen LogP contribution in [0.2, 0.25) is 0 Å². The molecule has 0 aliphatic heterocycles. The van der Waals surface area contributed by atoms with Gasteiger partial charge in [0.2, 0.25) is 0 Å². The van der Waals surface area contributed by atoms with E-state index in [0.29, 0.717) is 6.61 Å². The summed E-state index contributed by atoms with van der Waals surface area (Å²) in [4.78, 5) is 11.8. The van der Waals surface area contributed by atoms with Gasteiger partial charge in [-0.15, -0.1) is 0 Å². The first-order chi connectivity index (χ1) is 8.70. The molecular formula is C13H19N3O2. The summed E-state index contributed by atoms with van der Waals surface area (Å²) >= 11 is 0. The zero-order chi connectivity index (χ0) is 13.0. The van der Waals surface area contributed by atoms with Crippen molar-refractivity contribution >= 4 is 11.7 Å². The first kappa shape index (κ1) is 12.9. The van der Waals surface area contributed by atoms with Gasteiger partial charge in [0.05, 0.1) is 12.1 Å². The van der Waals surface area contributed by atoms with Crippen LogP contribution in [0.5, 0.6) is 0 Å². The van der Waals surface area contributed by atoms with Crippen molar-refractivity contribution in [1.29, 1.82) is 0 Å². The summed E-state index contributed by atoms with van der Waals surface area (Å²) in [5.41, 5.74) is 6.62. The predicted molar refractivity (Wildman–Crippen MR) is 70.4 cm³/mol. The first-order valence-electron chi connectivity index (χ1n) is 6.20. The maximum Gasteiger partial charge on any atom is 0.319 e. The van der Waals surface area contributed by atoms with Crippen molar-refractivity contribution in [3.8, 4) is 0 Å². The number of nitrogens with one attached hydrogen (secondary N) is 2. The molecule has 1 saturated carbocycles. The Bertz CT molecular complexity index is 394. The van der Waals surface area contributed by atoms with Crippen molar-refractivity contribution < 1.29 is 9.53 Å². The van der Waals surface area contributed by atoms with Crippen LogP contribution >= 0.6 is 0 Å². The molecule has 3 unspecified atom stereocenters. The number of urea groups is 1. The van der Waals surface area contributed by atoms with E-state index in [9.17, 15) is 4.79 Å². The van der Waals surface area contributed by atoms with E-state index in [-0.39, 0.29) is 24.2 Å². The molecule has 0 bridgehead atoms. The smallest absolute Gasteiger partial charge is 0.319 e. The van der Waals surface area contributed by atoms with E-state index < -0.39 is 0 Å². The predicted octanol–water partition coefficient (Wildman–Crippen LogP) is 1.31. The Morgan fingerprint density at radius 3 is 2.78 bits per heavy atom. The molecule has 4 N–H and O–H groups in total. The van der Waals surface area contributed by atoms with Gasteiger partial charge in [-0.1, -0.05) is 18.2 Å². The van der Waals surface area contributed by atoms with E-state index >= 15 is 0 Å². The molecule has 1 aliphatic carbocycles. The summed E-state index contributed by atoms with van der Waals surface area (Å²) in [6.45, 7) is 2.57. The van der Waals surface area contributed by atoms with Crippen molar-refractivity contribution in [3.05, 3.63) is 30.3 Å². The summed E-state index contributed by atoms with van der Waals surface area (Å²) in [5, 5.41) is 5.61. The Hall–Kier alpha value is -1.59. The third-order valence-electron chi connectivity index (χ3n) is 3.08. The normalized spacial score (nSPS) is 26.2. The van der Waals surface area contributed by atoms with Crippen LogP contribution < -0.4 is 16.4 Å². The Kier molecular flexibility index (Phi) is 4.17. The highest BCUT2D eigenvalue weighted by Crippen LogP contribution is 2.22. The molecule has 0 radical (unpaired) electrons. The highest BCUT2D eigenvalue weighted by atomic mass is 16.5. The second kappa shape index (κ2) is 5.84. The van der Waals surface area contributed by atoms with E-state index in [1.807, 2.05) is 37.3 Å². The Balaban J connectivity index is 1.84. The lowest BCUT2D eigenvalue weighted by atomic mass is 9.83. The van der Waals surface area contributed by atoms with Crippen molar-refractivity contribution in [2.45, 2.75) is 31.5 Å². The van der Waals surface area contributed by atoms with E-state index in [0.717, 1.165) is 12.1 Å². The zero-order valence-electron chi connectivity index (χ0n) is 10.4.